The van der Waals surface area contributed by atoms with E-state index in [0.29, 0.717) is 11.1 Å². The first kappa shape index (κ1) is 10.8. The van der Waals surface area contributed by atoms with Crippen LogP contribution in [0, 0.1) is 5.82 Å². The normalized spacial score (nSPS) is 10.4. The van der Waals surface area contributed by atoms with E-state index in [2.05, 4.69) is 9.68 Å². The molecule has 0 aliphatic heterocycles. The van der Waals surface area contributed by atoms with Crippen molar-refractivity contribution in [3.63, 3.8) is 0 Å². The number of methoxy groups -OCH3 is 1. The molecular formula is C10H8ClFN2O2. The second kappa shape index (κ2) is 4.02. The van der Waals surface area contributed by atoms with Crippen molar-refractivity contribution in [3.05, 3.63) is 29.2 Å². The summed E-state index contributed by atoms with van der Waals surface area (Å²) in [6, 6.07) is 2.79. The van der Waals surface area contributed by atoms with Crippen LogP contribution < -0.4 is 10.5 Å². The van der Waals surface area contributed by atoms with Crippen molar-refractivity contribution < 1.29 is 13.7 Å². The highest BCUT2D eigenvalue weighted by Gasteiger charge is 2.14. The molecule has 2 aromatic rings. The molecule has 0 unspecified atom stereocenters. The van der Waals surface area contributed by atoms with Gasteiger partial charge in [0.25, 0.3) is 0 Å². The van der Waals surface area contributed by atoms with Gasteiger partial charge in [0.2, 0.25) is 5.88 Å². The molecular weight excluding hydrogens is 235 g/mol. The molecule has 0 bridgehead atoms. The minimum Gasteiger partial charge on any atom is -0.492 e. The SMILES string of the molecule is COc1c(F)cc(-c2cnoc2N)cc1Cl. The van der Waals surface area contributed by atoms with Crippen molar-refractivity contribution in [1.82, 2.24) is 5.16 Å². The number of ether oxygens (including phenoxy) is 1. The Morgan fingerprint density at radius 3 is 2.75 bits per heavy atom. The van der Waals surface area contributed by atoms with Crippen LogP contribution >= 0.6 is 11.6 Å². The molecule has 16 heavy (non-hydrogen) atoms. The Morgan fingerprint density at radius 1 is 1.50 bits per heavy atom. The number of hydrogen-bond acceptors (Lipinski definition) is 4. The van der Waals surface area contributed by atoms with Gasteiger partial charge < -0.3 is 15.0 Å². The minimum atomic E-state index is -0.564. The average Bonchev–Trinajstić information content (AvgIpc) is 2.64. The molecule has 1 aromatic heterocycles. The highest BCUT2D eigenvalue weighted by molar-refractivity contribution is 6.32. The lowest BCUT2D eigenvalue weighted by Crippen LogP contribution is -1.91. The molecule has 1 aromatic carbocycles. The van der Waals surface area contributed by atoms with Crippen LogP contribution in [0.15, 0.2) is 22.9 Å². The number of benzene rings is 1. The zero-order valence-electron chi connectivity index (χ0n) is 8.33. The fourth-order valence-electron chi connectivity index (χ4n) is 1.38. The van der Waals surface area contributed by atoms with E-state index in [-0.39, 0.29) is 16.7 Å². The Labute approximate surface area is 95.7 Å². The molecule has 0 aliphatic carbocycles. The predicted octanol–water partition coefficient (Wildman–Crippen LogP) is 2.72. The molecule has 0 radical (unpaired) electrons. The maximum Gasteiger partial charge on any atom is 0.229 e. The summed E-state index contributed by atoms with van der Waals surface area (Å²) in [6.45, 7) is 0. The van der Waals surface area contributed by atoms with Gasteiger partial charge in [-0.1, -0.05) is 16.8 Å². The second-order valence-corrected chi connectivity index (χ2v) is 3.48. The minimum absolute atomic E-state index is 0.000409. The number of rotatable bonds is 2. The van der Waals surface area contributed by atoms with Gasteiger partial charge in [-0.2, -0.15) is 0 Å². The van der Waals surface area contributed by atoms with Crippen LogP contribution in [0.2, 0.25) is 5.02 Å². The zero-order chi connectivity index (χ0) is 11.7. The smallest absolute Gasteiger partial charge is 0.229 e. The maximum absolute atomic E-state index is 13.5. The third kappa shape index (κ3) is 1.69. The van der Waals surface area contributed by atoms with E-state index >= 15 is 0 Å². The van der Waals surface area contributed by atoms with Gasteiger partial charge >= 0.3 is 0 Å². The monoisotopic (exact) mass is 242 g/mol. The first-order chi connectivity index (χ1) is 7.63. The first-order valence-electron chi connectivity index (χ1n) is 4.37. The molecule has 2 rings (SSSR count). The van der Waals surface area contributed by atoms with E-state index < -0.39 is 5.82 Å². The lowest BCUT2D eigenvalue weighted by Gasteiger charge is -2.06. The molecule has 4 nitrogen and oxygen atoms in total. The summed E-state index contributed by atoms with van der Waals surface area (Å²) >= 11 is 5.85. The summed E-state index contributed by atoms with van der Waals surface area (Å²) in [5.74, 6) is -0.452. The van der Waals surface area contributed by atoms with Crippen molar-refractivity contribution in [2.24, 2.45) is 0 Å². The van der Waals surface area contributed by atoms with Crippen LogP contribution in [-0.4, -0.2) is 12.3 Å². The summed E-state index contributed by atoms with van der Waals surface area (Å²) in [5, 5.41) is 3.67. The quantitative estimate of drug-likeness (QED) is 0.880. The van der Waals surface area contributed by atoms with Gasteiger partial charge in [0, 0.05) is 0 Å². The van der Waals surface area contributed by atoms with Crippen molar-refractivity contribution >= 4 is 17.5 Å². The summed E-state index contributed by atoms with van der Waals surface area (Å²) in [4.78, 5) is 0. The van der Waals surface area contributed by atoms with Crippen molar-refractivity contribution in [1.29, 1.82) is 0 Å². The molecule has 84 valence electrons. The van der Waals surface area contributed by atoms with E-state index in [1.54, 1.807) is 0 Å². The largest absolute Gasteiger partial charge is 0.492 e. The van der Waals surface area contributed by atoms with Crippen LogP contribution in [0.5, 0.6) is 5.75 Å². The molecule has 1 heterocycles. The highest BCUT2D eigenvalue weighted by Crippen LogP contribution is 2.34. The van der Waals surface area contributed by atoms with Gasteiger partial charge in [-0.3, -0.25) is 0 Å². The van der Waals surface area contributed by atoms with Crippen molar-refractivity contribution in [3.8, 4) is 16.9 Å². The molecule has 6 heteroatoms. The number of anilines is 1. The van der Waals surface area contributed by atoms with Gasteiger partial charge in [-0.25, -0.2) is 4.39 Å². The van der Waals surface area contributed by atoms with Gasteiger partial charge in [0.05, 0.1) is 23.9 Å². The number of halogens is 2. The summed E-state index contributed by atoms with van der Waals surface area (Å²) in [6.07, 6.45) is 1.40. The van der Waals surface area contributed by atoms with Crippen LogP contribution in [0.4, 0.5) is 10.3 Å². The summed E-state index contributed by atoms with van der Waals surface area (Å²) in [5.41, 5.74) is 6.49. The molecule has 0 fully saturated rings. The van der Waals surface area contributed by atoms with Crippen LogP contribution in [-0.2, 0) is 0 Å². The molecule has 0 saturated carbocycles. The molecule has 2 N–H and O–H groups in total. The second-order valence-electron chi connectivity index (χ2n) is 3.08. The maximum atomic E-state index is 13.5. The number of nitrogens with zero attached hydrogens (tertiary/aromatic N) is 1. The topological polar surface area (TPSA) is 61.3 Å². The zero-order valence-corrected chi connectivity index (χ0v) is 9.08. The van der Waals surface area contributed by atoms with Crippen LogP contribution in [0.25, 0.3) is 11.1 Å². The van der Waals surface area contributed by atoms with Crippen LogP contribution in [0.3, 0.4) is 0 Å². The fourth-order valence-corrected chi connectivity index (χ4v) is 1.66. The predicted molar refractivity (Wildman–Crippen MR) is 57.9 cm³/mol. The van der Waals surface area contributed by atoms with E-state index in [1.165, 1.54) is 25.4 Å². The molecule has 0 atom stereocenters. The number of nitrogens with two attached hydrogens (primary N) is 1. The number of nitrogen functional groups attached to an aromatic ring is 1. The average molecular weight is 243 g/mol. The Kier molecular flexibility index (Phi) is 2.70. The van der Waals surface area contributed by atoms with Gasteiger partial charge in [-0.15, -0.1) is 0 Å². The van der Waals surface area contributed by atoms with Crippen molar-refractivity contribution in [2.45, 2.75) is 0 Å². The molecule has 0 amide bonds. The molecule has 0 saturated heterocycles. The lowest BCUT2D eigenvalue weighted by molar-refractivity contribution is 0.387. The Hall–Kier alpha value is -1.75. The van der Waals surface area contributed by atoms with Gasteiger partial charge in [0.1, 0.15) is 0 Å². The summed E-state index contributed by atoms with van der Waals surface area (Å²) < 4.78 is 23.0. The first-order valence-corrected chi connectivity index (χ1v) is 4.75. The third-order valence-electron chi connectivity index (χ3n) is 2.11. The van der Waals surface area contributed by atoms with E-state index in [4.69, 9.17) is 22.1 Å². The van der Waals surface area contributed by atoms with Gasteiger partial charge in [0.15, 0.2) is 11.6 Å². The highest BCUT2D eigenvalue weighted by atomic mass is 35.5. The molecule has 0 spiro atoms. The number of hydrogen-bond donors (Lipinski definition) is 1. The standard InChI is InChI=1S/C10H8ClFN2O2/c1-15-9-7(11)2-5(3-8(9)12)6-4-14-16-10(6)13/h2-4H,13H2,1H3. The third-order valence-corrected chi connectivity index (χ3v) is 2.39. The summed E-state index contributed by atoms with van der Waals surface area (Å²) in [7, 11) is 1.34. The lowest BCUT2D eigenvalue weighted by atomic mass is 10.1. The van der Waals surface area contributed by atoms with E-state index in [9.17, 15) is 4.39 Å². The van der Waals surface area contributed by atoms with Crippen LogP contribution in [0.1, 0.15) is 0 Å². The Bertz CT molecular complexity index is 504. The van der Waals surface area contributed by atoms with E-state index in [1.807, 2.05) is 0 Å². The number of aromatic nitrogens is 1. The fraction of sp³-hybridized carbons (Fsp3) is 0.100. The Balaban J connectivity index is 2.57. The van der Waals surface area contributed by atoms with E-state index in [0.717, 1.165) is 0 Å². The van der Waals surface area contributed by atoms with Crippen molar-refractivity contribution in [2.75, 3.05) is 12.8 Å². The Morgan fingerprint density at radius 2 is 2.25 bits per heavy atom. The van der Waals surface area contributed by atoms with Gasteiger partial charge in [-0.05, 0) is 17.7 Å². The molecule has 0 aliphatic rings.